The first-order valence-corrected chi connectivity index (χ1v) is 45.6. The van der Waals surface area contributed by atoms with Crippen LogP contribution in [0.5, 0.6) is 0 Å². The fraction of sp³-hybridized carbons (Fsp3) is 0.888. The third-order valence-corrected chi connectivity index (χ3v) is 21.2. The Balaban J connectivity index is 3.70. The van der Waals surface area contributed by atoms with Crippen LogP contribution in [0.1, 0.15) is 476 Å². The van der Waals surface area contributed by atoms with E-state index in [9.17, 15) is 19.0 Å². The number of carbonyl (C=O) groups excluding carboxylic acids is 2. The van der Waals surface area contributed by atoms with E-state index in [0.29, 0.717) is 6.42 Å². The van der Waals surface area contributed by atoms with Gasteiger partial charge < -0.3 is 20.1 Å². The van der Waals surface area contributed by atoms with E-state index in [4.69, 9.17) is 24.3 Å². The summed E-state index contributed by atoms with van der Waals surface area (Å²) in [5, 5.41) is 0. The van der Waals surface area contributed by atoms with Crippen molar-refractivity contribution in [1.29, 1.82) is 0 Å². The topological polar surface area (TPSA) is 134 Å². The van der Waals surface area contributed by atoms with Crippen molar-refractivity contribution in [2.45, 2.75) is 482 Å². The van der Waals surface area contributed by atoms with E-state index in [1.807, 2.05) is 0 Å². The average molecular weight is 1410 g/mol. The quantitative estimate of drug-likeness (QED) is 0.0264. The lowest BCUT2D eigenvalue weighted by Crippen LogP contribution is -2.29. The minimum Gasteiger partial charge on any atom is -0.462 e. The molecule has 0 saturated heterocycles. The number of hydrogen-bond acceptors (Lipinski definition) is 8. The van der Waals surface area contributed by atoms with E-state index in [2.05, 4.69) is 62.5 Å². The minimum atomic E-state index is -4.40. The van der Waals surface area contributed by atoms with Gasteiger partial charge in [0.05, 0.1) is 13.2 Å². The van der Waals surface area contributed by atoms with E-state index < -0.39 is 26.5 Å². The van der Waals surface area contributed by atoms with Gasteiger partial charge in [-0.3, -0.25) is 18.6 Å². The lowest BCUT2D eigenvalue weighted by atomic mass is 10.0. The van der Waals surface area contributed by atoms with Crippen molar-refractivity contribution in [3.05, 3.63) is 48.6 Å². The van der Waals surface area contributed by atoms with Crippen LogP contribution in [0.3, 0.4) is 0 Å². The number of allylic oxidation sites excluding steroid dienone is 8. The first-order chi connectivity index (χ1) is 48.8. The van der Waals surface area contributed by atoms with Gasteiger partial charge >= 0.3 is 19.8 Å². The standard InChI is InChI=1S/C89H170NO8P/c1-3-5-7-9-11-13-15-17-19-21-23-25-27-29-31-33-35-37-39-41-43-45-47-49-51-53-55-57-59-61-63-65-67-69-71-73-75-77-79-81-88(91)95-85-87(86-97-99(93,94)96-84-83-90)98-89(92)82-80-78-76-74-72-70-68-66-64-62-60-58-56-54-52-50-48-46-44-42-40-38-36-34-32-30-28-26-24-22-20-18-16-14-12-10-8-6-4-2/h15-18,21-24,87H,3-14,19-20,25-86,90H2,1-2H3,(H,93,94)/b17-15-,18-16-,23-21-,24-22-. The summed E-state index contributed by atoms with van der Waals surface area (Å²) < 4.78 is 33.3. The second-order valence-corrected chi connectivity index (χ2v) is 31.6. The Bertz CT molecular complexity index is 1770. The van der Waals surface area contributed by atoms with E-state index in [1.165, 1.54) is 398 Å². The average Bonchev–Trinajstić information content (AvgIpc) is 1.52. The fourth-order valence-electron chi connectivity index (χ4n) is 13.6. The molecule has 0 aliphatic carbocycles. The highest BCUT2D eigenvalue weighted by molar-refractivity contribution is 7.47. The fourth-order valence-corrected chi connectivity index (χ4v) is 14.4. The lowest BCUT2D eigenvalue weighted by molar-refractivity contribution is -0.161. The van der Waals surface area contributed by atoms with Gasteiger partial charge in [0, 0.05) is 19.4 Å². The van der Waals surface area contributed by atoms with Crippen LogP contribution in [0.4, 0.5) is 0 Å². The highest BCUT2D eigenvalue weighted by atomic mass is 31.2. The van der Waals surface area contributed by atoms with E-state index in [0.717, 1.165) is 44.9 Å². The van der Waals surface area contributed by atoms with Crippen molar-refractivity contribution in [2.24, 2.45) is 5.73 Å². The van der Waals surface area contributed by atoms with Crippen LogP contribution >= 0.6 is 7.82 Å². The van der Waals surface area contributed by atoms with Crippen LogP contribution < -0.4 is 5.73 Å². The first-order valence-electron chi connectivity index (χ1n) is 44.1. The molecular formula is C89H170NO8P. The van der Waals surface area contributed by atoms with Gasteiger partial charge in [0.15, 0.2) is 6.10 Å². The summed E-state index contributed by atoms with van der Waals surface area (Å²) in [7, 11) is -4.40. The molecule has 2 atom stereocenters. The second kappa shape index (κ2) is 84.9. The molecule has 0 heterocycles. The Hall–Kier alpha value is -2.03. The van der Waals surface area contributed by atoms with Gasteiger partial charge in [-0.05, 0) is 77.0 Å². The molecule has 0 aromatic heterocycles. The molecule has 0 fully saturated rings. The van der Waals surface area contributed by atoms with Gasteiger partial charge in [-0.25, -0.2) is 4.57 Å². The molecule has 0 aliphatic heterocycles. The molecule has 2 unspecified atom stereocenters. The SMILES string of the molecule is CCCCCCC/C=C\C/C=C\CCCCCCCCCCCCCCCCCCCCCCCCCCCCCC(=O)OCC(COP(=O)(O)OCCN)OC(=O)CCCCCCCCCCCCCCCCCCCCCCCCCCCCC/C=C\C/C=C\CCCCCCC. The van der Waals surface area contributed by atoms with Crippen molar-refractivity contribution in [3.8, 4) is 0 Å². The van der Waals surface area contributed by atoms with Crippen LogP contribution in [0.15, 0.2) is 48.6 Å². The third-order valence-electron chi connectivity index (χ3n) is 20.2. The molecular weight excluding hydrogens is 1240 g/mol. The molecule has 0 rings (SSSR count). The molecule has 0 spiro atoms. The van der Waals surface area contributed by atoms with Crippen LogP contribution in [0.2, 0.25) is 0 Å². The lowest BCUT2D eigenvalue weighted by Gasteiger charge is -2.19. The number of ether oxygens (including phenoxy) is 2. The van der Waals surface area contributed by atoms with E-state index in [-0.39, 0.29) is 38.6 Å². The number of unbranched alkanes of at least 4 members (excludes halogenated alkanes) is 64. The van der Waals surface area contributed by atoms with Crippen LogP contribution in [0, 0.1) is 0 Å². The predicted molar refractivity (Wildman–Crippen MR) is 432 cm³/mol. The maximum Gasteiger partial charge on any atom is 0.472 e. The molecule has 0 aromatic rings. The van der Waals surface area contributed by atoms with Crippen molar-refractivity contribution >= 4 is 19.8 Å². The summed E-state index contributed by atoms with van der Waals surface area (Å²) in [6.45, 7) is 3.81. The number of carbonyl (C=O) groups is 2. The molecule has 10 heteroatoms. The van der Waals surface area contributed by atoms with Crippen LogP contribution in [-0.4, -0.2) is 49.3 Å². The van der Waals surface area contributed by atoms with Gasteiger partial charge in [0.1, 0.15) is 6.61 Å². The molecule has 0 amide bonds. The smallest absolute Gasteiger partial charge is 0.462 e. The molecule has 0 saturated carbocycles. The van der Waals surface area contributed by atoms with Gasteiger partial charge in [-0.1, -0.05) is 435 Å². The largest absolute Gasteiger partial charge is 0.472 e. The number of nitrogens with two attached hydrogens (primary N) is 1. The van der Waals surface area contributed by atoms with E-state index in [1.54, 1.807) is 0 Å². The zero-order valence-corrected chi connectivity index (χ0v) is 67.2. The Morgan fingerprint density at radius 2 is 0.525 bits per heavy atom. The highest BCUT2D eigenvalue weighted by Crippen LogP contribution is 2.43. The summed E-state index contributed by atoms with van der Waals surface area (Å²) in [5.74, 6) is -0.798. The summed E-state index contributed by atoms with van der Waals surface area (Å²) in [5.41, 5.74) is 5.42. The maximum atomic E-state index is 12.8. The zero-order valence-electron chi connectivity index (χ0n) is 66.3. The van der Waals surface area contributed by atoms with Crippen LogP contribution in [-0.2, 0) is 32.7 Å². The van der Waals surface area contributed by atoms with Crippen molar-refractivity contribution in [1.82, 2.24) is 0 Å². The zero-order chi connectivity index (χ0) is 71.5. The van der Waals surface area contributed by atoms with Crippen molar-refractivity contribution in [3.63, 3.8) is 0 Å². The number of hydrogen-bond donors (Lipinski definition) is 2. The summed E-state index contributed by atoms with van der Waals surface area (Å²) in [4.78, 5) is 35.5. The second-order valence-electron chi connectivity index (χ2n) is 30.1. The van der Waals surface area contributed by atoms with E-state index >= 15 is 0 Å². The monoisotopic (exact) mass is 1410 g/mol. The Morgan fingerprint density at radius 1 is 0.303 bits per heavy atom. The molecule has 9 nitrogen and oxygen atoms in total. The van der Waals surface area contributed by atoms with Gasteiger partial charge in [0.25, 0.3) is 0 Å². The molecule has 0 radical (unpaired) electrons. The maximum absolute atomic E-state index is 12.8. The van der Waals surface area contributed by atoms with Crippen LogP contribution in [0.25, 0.3) is 0 Å². The Kier molecular flexibility index (Phi) is 83.2. The molecule has 0 bridgehead atoms. The van der Waals surface area contributed by atoms with Crippen molar-refractivity contribution < 1.29 is 37.6 Å². The summed E-state index contributed by atoms with van der Waals surface area (Å²) >= 11 is 0. The normalized spacial score (nSPS) is 13.0. The van der Waals surface area contributed by atoms with Gasteiger partial charge in [-0.15, -0.1) is 0 Å². The van der Waals surface area contributed by atoms with Crippen molar-refractivity contribution in [2.75, 3.05) is 26.4 Å². The molecule has 584 valence electrons. The predicted octanol–water partition coefficient (Wildman–Crippen LogP) is 29.9. The minimum absolute atomic E-state index is 0.0567. The Labute approximate surface area is 617 Å². The molecule has 3 N–H and O–H groups in total. The number of phosphoric ester groups is 1. The molecule has 0 aromatic carbocycles. The number of rotatable bonds is 85. The van der Waals surface area contributed by atoms with Gasteiger partial charge in [-0.2, -0.15) is 0 Å². The third kappa shape index (κ3) is 84.8. The number of esters is 2. The molecule has 0 aliphatic rings. The highest BCUT2D eigenvalue weighted by Gasteiger charge is 2.26. The first kappa shape index (κ1) is 97.0. The summed E-state index contributed by atoms with van der Waals surface area (Å²) in [6, 6.07) is 0. The molecule has 99 heavy (non-hydrogen) atoms. The summed E-state index contributed by atoms with van der Waals surface area (Å²) in [6.07, 6.45) is 112. The van der Waals surface area contributed by atoms with Gasteiger partial charge in [0.2, 0.25) is 0 Å². The Morgan fingerprint density at radius 3 is 0.768 bits per heavy atom. The number of phosphoric acid groups is 1.